The van der Waals surface area contributed by atoms with Crippen LogP contribution in [0.4, 0.5) is 0 Å². The fourth-order valence-corrected chi connectivity index (χ4v) is 3.02. The Morgan fingerprint density at radius 1 is 1.28 bits per heavy atom. The molecule has 1 amide bonds. The van der Waals surface area contributed by atoms with Gasteiger partial charge in [0.1, 0.15) is 0 Å². The molecular weight excluding hydrogens is 290 g/mol. The predicted molar refractivity (Wildman–Crippen MR) is 77.7 cm³/mol. The van der Waals surface area contributed by atoms with Gasteiger partial charge in [-0.1, -0.05) is 28.9 Å². The maximum Gasteiger partial charge on any atom is 0.253 e. The maximum absolute atomic E-state index is 12.4. The molecule has 0 aliphatic heterocycles. The van der Waals surface area contributed by atoms with Crippen molar-refractivity contribution in [1.82, 2.24) is 4.90 Å². The summed E-state index contributed by atoms with van der Waals surface area (Å²) < 4.78 is 0.957. The number of amides is 1. The lowest BCUT2D eigenvalue weighted by Gasteiger charge is -2.33. The van der Waals surface area contributed by atoms with E-state index < -0.39 is 0 Å². The lowest BCUT2D eigenvalue weighted by Crippen LogP contribution is -2.39. The van der Waals surface area contributed by atoms with Gasteiger partial charge in [0.05, 0.1) is 0 Å². The normalized spacial score (nSPS) is 23.7. The summed E-state index contributed by atoms with van der Waals surface area (Å²) in [5.74, 6) is 0.950. The maximum atomic E-state index is 12.4. The van der Waals surface area contributed by atoms with Crippen molar-refractivity contribution < 1.29 is 4.79 Å². The molecule has 0 saturated heterocycles. The van der Waals surface area contributed by atoms with Crippen LogP contribution in [0.15, 0.2) is 28.7 Å². The Bertz CT molecular complexity index is 424. The van der Waals surface area contributed by atoms with Crippen LogP contribution in [-0.2, 0) is 0 Å². The number of carbonyl (C=O) groups excluding carboxylic acids is 1. The molecule has 0 spiro atoms. The molecule has 2 nitrogen and oxygen atoms in total. The molecule has 0 unspecified atom stereocenters. The third-order valence-electron chi connectivity index (χ3n) is 3.93. The van der Waals surface area contributed by atoms with Crippen LogP contribution in [0.2, 0.25) is 0 Å². The minimum atomic E-state index is 0.135. The molecule has 18 heavy (non-hydrogen) atoms. The molecule has 1 aliphatic carbocycles. The standard InChI is InChI=1S/C15H20BrNO/c1-11-6-8-14(9-7-11)17(2)15(18)12-4-3-5-13(16)10-12/h3-5,10-11,14H,6-9H2,1-2H3. The predicted octanol–water partition coefficient (Wildman–Crippen LogP) is 4.10. The first kappa shape index (κ1) is 13.6. The molecule has 3 heteroatoms. The van der Waals surface area contributed by atoms with Crippen molar-refractivity contribution in [3.05, 3.63) is 34.3 Å². The van der Waals surface area contributed by atoms with Gasteiger partial charge in [-0.3, -0.25) is 4.79 Å². The third-order valence-corrected chi connectivity index (χ3v) is 4.42. The van der Waals surface area contributed by atoms with E-state index in [1.54, 1.807) is 0 Å². The highest BCUT2D eigenvalue weighted by Crippen LogP contribution is 2.27. The molecular formula is C15H20BrNO. The van der Waals surface area contributed by atoms with E-state index in [4.69, 9.17) is 0 Å². The lowest BCUT2D eigenvalue weighted by molar-refractivity contribution is 0.0679. The minimum absolute atomic E-state index is 0.135. The van der Waals surface area contributed by atoms with Gasteiger partial charge in [-0.25, -0.2) is 0 Å². The molecule has 1 aromatic rings. The monoisotopic (exact) mass is 309 g/mol. The van der Waals surface area contributed by atoms with Crippen LogP contribution < -0.4 is 0 Å². The zero-order valence-electron chi connectivity index (χ0n) is 11.0. The second kappa shape index (κ2) is 5.87. The summed E-state index contributed by atoms with van der Waals surface area (Å²) in [6, 6.07) is 8.04. The van der Waals surface area contributed by atoms with Gasteiger partial charge in [0.15, 0.2) is 0 Å². The van der Waals surface area contributed by atoms with Crippen LogP contribution in [0.1, 0.15) is 43.0 Å². The van der Waals surface area contributed by atoms with Gasteiger partial charge in [-0.15, -0.1) is 0 Å². The molecule has 2 rings (SSSR count). The number of halogens is 1. The Kier molecular flexibility index (Phi) is 4.44. The van der Waals surface area contributed by atoms with Crippen LogP contribution in [-0.4, -0.2) is 23.9 Å². The van der Waals surface area contributed by atoms with Gasteiger partial charge in [0.25, 0.3) is 5.91 Å². The summed E-state index contributed by atoms with van der Waals surface area (Å²) in [5.41, 5.74) is 0.769. The van der Waals surface area contributed by atoms with Crippen molar-refractivity contribution in [1.29, 1.82) is 0 Å². The number of nitrogens with zero attached hydrogens (tertiary/aromatic N) is 1. The van der Waals surface area contributed by atoms with E-state index in [1.165, 1.54) is 12.8 Å². The number of carbonyl (C=O) groups is 1. The average molecular weight is 310 g/mol. The van der Waals surface area contributed by atoms with E-state index in [0.29, 0.717) is 6.04 Å². The van der Waals surface area contributed by atoms with Crippen molar-refractivity contribution in [2.24, 2.45) is 5.92 Å². The van der Waals surface area contributed by atoms with Gasteiger partial charge >= 0.3 is 0 Å². The topological polar surface area (TPSA) is 20.3 Å². The summed E-state index contributed by atoms with van der Waals surface area (Å²) >= 11 is 3.41. The van der Waals surface area contributed by atoms with Crippen molar-refractivity contribution in [2.75, 3.05) is 7.05 Å². The zero-order valence-corrected chi connectivity index (χ0v) is 12.6. The second-order valence-corrected chi connectivity index (χ2v) is 6.26. The number of rotatable bonds is 2. The Morgan fingerprint density at radius 3 is 2.56 bits per heavy atom. The summed E-state index contributed by atoms with van der Waals surface area (Å²) in [7, 11) is 1.93. The molecule has 0 aromatic heterocycles. The smallest absolute Gasteiger partial charge is 0.253 e. The van der Waals surface area contributed by atoms with E-state index in [9.17, 15) is 4.79 Å². The van der Waals surface area contributed by atoms with Crippen LogP contribution in [0.5, 0.6) is 0 Å². The van der Waals surface area contributed by atoms with Gasteiger partial charge in [0.2, 0.25) is 0 Å². The highest BCUT2D eigenvalue weighted by molar-refractivity contribution is 9.10. The first-order valence-corrected chi connectivity index (χ1v) is 7.40. The first-order valence-electron chi connectivity index (χ1n) is 6.60. The summed E-state index contributed by atoms with van der Waals surface area (Å²) in [6.45, 7) is 2.30. The van der Waals surface area contributed by atoms with Gasteiger partial charge in [-0.05, 0) is 49.8 Å². The SMILES string of the molecule is CC1CCC(N(C)C(=O)c2cccc(Br)c2)CC1. The Labute approximate surface area is 117 Å². The Balaban J connectivity index is 2.04. The van der Waals surface area contributed by atoms with Crippen LogP contribution >= 0.6 is 15.9 Å². The fourth-order valence-electron chi connectivity index (χ4n) is 2.62. The summed E-state index contributed by atoms with van der Waals surface area (Å²) in [6.07, 6.45) is 4.75. The summed E-state index contributed by atoms with van der Waals surface area (Å²) in [4.78, 5) is 14.3. The van der Waals surface area contributed by atoms with Gasteiger partial charge < -0.3 is 4.90 Å². The van der Waals surface area contributed by atoms with E-state index >= 15 is 0 Å². The molecule has 98 valence electrons. The van der Waals surface area contributed by atoms with E-state index in [0.717, 1.165) is 28.8 Å². The Hall–Kier alpha value is -0.830. The first-order chi connectivity index (χ1) is 8.58. The fraction of sp³-hybridized carbons (Fsp3) is 0.533. The second-order valence-electron chi connectivity index (χ2n) is 5.34. The van der Waals surface area contributed by atoms with Crippen molar-refractivity contribution in [3.63, 3.8) is 0 Å². The molecule has 0 radical (unpaired) electrons. The van der Waals surface area contributed by atoms with E-state index in [1.807, 2.05) is 36.2 Å². The van der Waals surface area contributed by atoms with Gasteiger partial charge in [0, 0.05) is 23.1 Å². The highest BCUT2D eigenvalue weighted by atomic mass is 79.9. The zero-order chi connectivity index (χ0) is 13.1. The number of hydrogen-bond acceptors (Lipinski definition) is 1. The van der Waals surface area contributed by atoms with Crippen molar-refractivity contribution in [3.8, 4) is 0 Å². The number of hydrogen-bond donors (Lipinski definition) is 0. The van der Waals surface area contributed by atoms with E-state index in [-0.39, 0.29) is 5.91 Å². The molecule has 0 heterocycles. The van der Waals surface area contributed by atoms with Crippen molar-refractivity contribution >= 4 is 21.8 Å². The van der Waals surface area contributed by atoms with E-state index in [2.05, 4.69) is 22.9 Å². The molecule has 1 aromatic carbocycles. The molecule has 0 bridgehead atoms. The molecule has 0 N–H and O–H groups in total. The Morgan fingerprint density at radius 2 is 1.94 bits per heavy atom. The number of benzene rings is 1. The molecule has 1 saturated carbocycles. The third kappa shape index (κ3) is 3.14. The summed E-state index contributed by atoms with van der Waals surface area (Å²) in [5, 5.41) is 0. The largest absolute Gasteiger partial charge is 0.339 e. The lowest BCUT2D eigenvalue weighted by atomic mass is 9.86. The van der Waals surface area contributed by atoms with Gasteiger partial charge in [-0.2, -0.15) is 0 Å². The van der Waals surface area contributed by atoms with Crippen LogP contribution in [0.3, 0.4) is 0 Å². The highest BCUT2D eigenvalue weighted by Gasteiger charge is 2.25. The van der Waals surface area contributed by atoms with Crippen LogP contribution in [0.25, 0.3) is 0 Å². The van der Waals surface area contributed by atoms with Crippen molar-refractivity contribution in [2.45, 2.75) is 38.6 Å². The average Bonchev–Trinajstić information content (AvgIpc) is 2.38. The minimum Gasteiger partial charge on any atom is -0.339 e. The molecule has 1 fully saturated rings. The molecule has 0 atom stereocenters. The van der Waals surface area contributed by atoms with Crippen LogP contribution in [0, 0.1) is 5.92 Å². The quantitative estimate of drug-likeness (QED) is 0.805. The molecule has 1 aliphatic rings.